The summed E-state index contributed by atoms with van der Waals surface area (Å²) < 4.78 is 0. The van der Waals surface area contributed by atoms with Gasteiger partial charge in [-0.3, -0.25) is 4.79 Å². The van der Waals surface area contributed by atoms with Crippen LogP contribution in [0.15, 0.2) is 72.9 Å². The number of H-pyrrole nitrogens is 1. The fraction of sp³-hybridized carbons (Fsp3) is 0.129. The van der Waals surface area contributed by atoms with E-state index in [0.29, 0.717) is 21.8 Å². The van der Waals surface area contributed by atoms with Crippen LogP contribution in [0.5, 0.6) is 0 Å². The zero-order chi connectivity index (χ0) is 26.9. The number of nitrogens with one attached hydrogen (secondary N) is 2. The fourth-order valence-electron chi connectivity index (χ4n) is 4.98. The third-order valence-electron chi connectivity index (χ3n) is 6.92. The number of aryl methyl sites for hydroxylation is 1. The smallest absolute Gasteiger partial charge is 0.336 e. The van der Waals surface area contributed by atoms with Gasteiger partial charge in [-0.15, -0.1) is 11.3 Å². The van der Waals surface area contributed by atoms with E-state index in [1.165, 1.54) is 11.3 Å². The molecule has 192 valence electrons. The largest absolute Gasteiger partial charge is 0.478 e. The van der Waals surface area contributed by atoms with Gasteiger partial charge in [-0.2, -0.15) is 0 Å². The summed E-state index contributed by atoms with van der Waals surface area (Å²) in [6, 6.07) is 20.1. The third kappa shape index (κ3) is 5.00. The monoisotopic (exact) mass is 532 g/mol. The minimum Gasteiger partial charge on any atom is -0.478 e. The van der Waals surface area contributed by atoms with Crippen LogP contribution in [0.2, 0.25) is 0 Å². The lowest BCUT2D eigenvalue weighted by atomic mass is 9.93. The number of aromatic amines is 1. The van der Waals surface area contributed by atoms with E-state index in [2.05, 4.69) is 27.1 Å². The van der Waals surface area contributed by atoms with Crippen LogP contribution in [-0.4, -0.2) is 33.0 Å². The molecule has 8 heteroatoms. The van der Waals surface area contributed by atoms with Crippen LogP contribution in [-0.2, 0) is 12.8 Å². The second-order valence-electron chi connectivity index (χ2n) is 9.48. The van der Waals surface area contributed by atoms with E-state index in [0.717, 1.165) is 51.9 Å². The van der Waals surface area contributed by atoms with E-state index in [9.17, 15) is 14.7 Å². The van der Waals surface area contributed by atoms with Gasteiger partial charge in [-0.25, -0.2) is 9.78 Å². The molecule has 0 aliphatic heterocycles. The predicted octanol–water partition coefficient (Wildman–Crippen LogP) is 5.26. The Hall–Kier alpha value is -4.87. The zero-order valence-corrected chi connectivity index (χ0v) is 21.6. The number of aromatic carboxylic acids is 1. The molecule has 1 amide bonds. The van der Waals surface area contributed by atoms with Gasteiger partial charge < -0.3 is 21.1 Å². The van der Waals surface area contributed by atoms with Gasteiger partial charge in [0.25, 0.3) is 5.91 Å². The lowest BCUT2D eigenvalue weighted by Gasteiger charge is -2.22. The molecule has 2 heterocycles. The maximum atomic E-state index is 12.9. The van der Waals surface area contributed by atoms with Crippen LogP contribution in [0, 0.1) is 11.8 Å². The van der Waals surface area contributed by atoms with Crippen molar-refractivity contribution >= 4 is 39.2 Å². The highest BCUT2D eigenvalue weighted by Gasteiger charge is 2.23. The summed E-state index contributed by atoms with van der Waals surface area (Å²) in [5.74, 6) is 5.14. The lowest BCUT2D eigenvalue weighted by Crippen LogP contribution is -2.38. The number of carboxylic acid groups (broad SMARTS) is 1. The molecule has 0 unspecified atom stereocenters. The maximum absolute atomic E-state index is 12.9. The normalized spacial score (nSPS) is 14.3. The molecule has 2 aromatic heterocycles. The summed E-state index contributed by atoms with van der Waals surface area (Å²) in [7, 11) is 0. The number of nitrogens with zero attached hydrogens (tertiary/aromatic N) is 1. The van der Waals surface area contributed by atoms with Gasteiger partial charge in [-0.05, 0) is 72.3 Å². The van der Waals surface area contributed by atoms with Gasteiger partial charge >= 0.3 is 5.97 Å². The van der Waals surface area contributed by atoms with Crippen LogP contribution in [0.1, 0.15) is 48.8 Å². The number of rotatable bonds is 4. The van der Waals surface area contributed by atoms with E-state index in [4.69, 9.17) is 5.73 Å². The molecule has 1 aliphatic rings. The summed E-state index contributed by atoms with van der Waals surface area (Å²) in [6.07, 6.45) is 4.24. The number of benzene rings is 3. The van der Waals surface area contributed by atoms with Crippen molar-refractivity contribution in [3.63, 3.8) is 0 Å². The minimum atomic E-state index is -1.01. The number of nitrogen functional groups attached to an aromatic ring is 1. The Balaban J connectivity index is 1.22. The molecule has 6 rings (SSSR count). The van der Waals surface area contributed by atoms with Crippen LogP contribution in [0.25, 0.3) is 22.0 Å². The fourth-order valence-corrected chi connectivity index (χ4v) is 5.94. The molecule has 0 bridgehead atoms. The Kier molecular flexibility index (Phi) is 6.35. The van der Waals surface area contributed by atoms with Crippen LogP contribution in [0.4, 0.5) is 5.13 Å². The van der Waals surface area contributed by atoms with Gasteiger partial charge in [0.1, 0.15) is 0 Å². The van der Waals surface area contributed by atoms with E-state index in [-0.39, 0.29) is 17.5 Å². The quantitative estimate of drug-likeness (QED) is 0.235. The summed E-state index contributed by atoms with van der Waals surface area (Å²) in [5.41, 5.74) is 11.2. The number of aromatic nitrogens is 2. The van der Waals surface area contributed by atoms with Crippen molar-refractivity contribution in [1.82, 2.24) is 15.3 Å². The van der Waals surface area contributed by atoms with E-state index in [1.54, 1.807) is 36.4 Å². The molecule has 0 radical (unpaired) electrons. The Bertz CT molecular complexity index is 1790. The number of hydrogen-bond acceptors (Lipinski definition) is 5. The number of anilines is 1. The molecule has 1 atom stereocenters. The number of fused-ring (bicyclic) bond motifs is 2. The SMILES string of the molecule is Nc1nc2c(s1)C[C@H](NC(=O)c1ccc(C#Cc3cccc(C(=O)O)c3-c3ccc4cc[nH]c4c3)cc1)CC2. The lowest BCUT2D eigenvalue weighted by molar-refractivity contribution is 0.0697. The van der Waals surface area contributed by atoms with Crippen molar-refractivity contribution in [2.45, 2.75) is 25.3 Å². The molecular weight excluding hydrogens is 508 g/mol. The average Bonchev–Trinajstić information content (AvgIpc) is 3.56. The van der Waals surface area contributed by atoms with E-state index < -0.39 is 5.97 Å². The Morgan fingerprint density at radius 1 is 1.08 bits per heavy atom. The molecule has 5 N–H and O–H groups in total. The topological polar surface area (TPSA) is 121 Å². The van der Waals surface area contributed by atoms with Crippen molar-refractivity contribution in [3.8, 4) is 23.0 Å². The predicted molar refractivity (Wildman–Crippen MR) is 153 cm³/mol. The third-order valence-corrected chi connectivity index (χ3v) is 7.87. The number of nitrogens with two attached hydrogens (primary N) is 1. The Morgan fingerprint density at radius 2 is 1.92 bits per heavy atom. The standard InChI is InChI=1S/C31H24N4O3S/c32-31-35-25-13-12-23(17-27(25)39-31)34-29(36)21-8-5-18(6-9-21)4-7-20-2-1-3-24(30(37)38)28(20)22-11-10-19-14-15-33-26(19)16-22/h1-3,5-6,8-11,14-16,23,33H,12-13,17H2,(H2,32,35)(H,34,36)(H,37,38)/t23-/m1/s1. The van der Waals surface area contributed by atoms with Crippen molar-refractivity contribution in [1.29, 1.82) is 0 Å². The highest BCUT2D eigenvalue weighted by molar-refractivity contribution is 7.15. The first-order valence-electron chi connectivity index (χ1n) is 12.6. The van der Waals surface area contributed by atoms with Crippen molar-refractivity contribution in [2.24, 2.45) is 0 Å². The first-order chi connectivity index (χ1) is 18.9. The molecule has 0 saturated carbocycles. The minimum absolute atomic E-state index is 0.0504. The zero-order valence-electron chi connectivity index (χ0n) is 20.8. The molecule has 0 spiro atoms. The molecule has 3 aromatic carbocycles. The number of carboxylic acids is 1. The number of carbonyl (C=O) groups excluding carboxylic acids is 1. The number of amides is 1. The van der Waals surface area contributed by atoms with Crippen LogP contribution in [0.3, 0.4) is 0 Å². The highest BCUT2D eigenvalue weighted by Crippen LogP contribution is 2.31. The number of hydrogen-bond donors (Lipinski definition) is 4. The number of thiazole rings is 1. The average molecular weight is 533 g/mol. The molecule has 39 heavy (non-hydrogen) atoms. The van der Waals surface area contributed by atoms with Gasteiger partial charge in [0.2, 0.25) is 0 Å². The van der Waals surface area contributed by atoms with Crippen LogP contribution < -0.4 is 11.1 Å². The van der Waals surface area contributed by atoms with Crippen molar-refractivity contribution < 1.29 is 14.7 Å². The van der Waals surface area contributed by atoms with Gasteiger partial charge in [0.05, 0.1) is 11.3 Å². The van der Waals surface area contributed by atoms with E-state index in [1.807, 2.05) is 36.5 Å². The molecule has 5 aromatic rings. The van der Waals surface area contributed by atoms with E-state index >= 15 is 0 Å². The Labute approximate surface area is 228 Å². The van der Waals surface area contributed by atoms with Crippen LogP contribution >= 0.6 is 11.3 Å². The first kappa shape index (κ1) is 24.5. The maximum Gasteiger partial charge on any atom is 0.336 e. The second kappa shape index (κ2) is 10.1. The van der Waals surface area contributed by atoms with Gasteiger partial charge in [0.15, 0.2) is 5.13 Å². The molecule has 1 aliphatic carbocycles. The summed E-state index contributed by atoms with van der Waals surface area (Å²) in [5, 5.41) is 14.6. The molecular formula is C31H24N4O3S. The van der Waals surface area contributed by atoms with Crippen molar-refractivity contribution in [2.75, 3.05) is 5.73 Å². The highest BCUT2D eigenvalue weighted by atomic mass is 32.1. The summed E-state index contributed by atoms with van der Waals surface area (Å²) >= 11 is 1.49. The molecule has 0 saturated heterocycles. The second-order valence-corrected chi connectivity index (χ2v) is 10.6. The first-order valence-corrected chi connectivity index (χ1v) is 13.4. The number of carbonyl (C=O) groups is 2. The molecule has 7 nitrogen and oxygen atoms in total. The van der Waals surface area contributed by atoms with Gasteiger partial charge in [-0.1, -0.05) is 30.0 Å². The van der Waals surface area contributed by atoms with Gasteiger partial charge in [0, 0.05) is 51.3 Å². The summed E-state index contributed by atoms with van der Waals surface area (Å²) in [6.45, 7) is 0. The molecule has 0 fully saturated rings. The Morgan fingerprint density at radius 3 is 2.74 bits per heavy atom. The summed E-state index contributed by atoms with van der Waals surface area (Å²) in [4.78, 5) is 33.6. The van der Waals surface area contributed by atoms with Crippen molar-refractivity contribution in [3.05, 3.63) is 106 Å².